The molecular formula is C21H24F2N2O2. The molecule has 2 N–H and O–H groups in total. The second kappa shape index (κ2) is 9.80. The lowest BCUT2D eigenvalue weighted by atomic mass is 10.0. The largest absolute Gasteiger partial charge is 0.354 e. The van der Waals surface area contributed by atoms with Crippen LogP contribution in [0.5, 0.6) is 0 Å². The molecule has 1 atom stereocenters. The number of amides is 2. The highest BCUT2D eigenvalue weighted by Crippen LogP contribution is 2.13. The Morgan fingerprint density at radius 2 is 1.59 bits per heavy atom. The zero-order chi connectivity index (χ0) is 19.8. The minimum absolute atomic E-state index is 0.238. The van der Waals surface area contributed by atoms with Gasteiger partial charge in [0.15, 0.2) is 0 Å². The molecule has 0 spiro atoms. The van der Waals surface area contributed by atoms with Gasteiger partial charge >= 0.3 is 0 Å². The highest BCUT2D eigenvalue weighted by molar-refractivity contribution is 5.98. The second-order valence-electron chi connectivity index (χ2n) is 6.67. The maximum atomic E-state index is 13.8. The Morgan fingerprint density at radius 3 is 2.19 bits per heavy atom. The Kier molecular flexibility index (Phi) is 7.46. The van der Waals surface area contributed by atoms with Crippen molar-refractivity contribution in [3.8, 4) is 0 Å². The lowest BCUT2D eigenvalue weighted by Gasteiger charge is -2.22. The quantitative estimate of drug-likeness (QED) is 0.695. The summed E-state index contributed by atoms with van der Waals surface area (Å²) in [5, 5.41) is 5.22. The number of hydrogen-bond acceptors (Lipinski definition) is 2. The summed E-state index contributed by atoms with van der Waals surface area (Å²) < 4.78 is 27.5. The van der Waals surface area contributed by atoms with Gasteiger partial charge in [-0.1, -0.05) is 50.2 Å². The molecule has 2 aromatic rings. The van der Waals surface area contributed by atoms with E-state index in [1.807, 2.05) is 30.3 Å². The van der Waals surface area contributed by atoms with E-state index < -0.39 is 29.1 Å². The van der Waals surface area contributed by atoms with Crippen LogP contribution >= 0.6 is 0 Å². The topological polar surface area (TPSA) is 58.2 Å². The van der Waals surface area contributed by atoms with Crippen molar-refractivity contribution in [1.82, 2.24) is 10.6 Å². The van der Waals surface area contributed by atoms with Gasteiger partial charge in [-0.3, -0.25) is 9.59 Å². The molecule has 0 bridgehead atoms. The van der Waals surface area contributed by atoms with Gasteiger partial charge in [-0.25, -0.2) is 8.78 Å². The molecule has 6 heteroatoms. The van der Waals surface area contributed by atoms with Crippen LogP contribution in [0.15, 0.2) is 48.5 Å². The lowest BCUT2D eigenvalue weighted by molar-refractivity contribution is -0.123. The number of hydrogen-bond donors (Lipinski definition) is 2. The van der Waals surface area contributed by atoms with E-state index in [0.717, 1.165) is 25.0 Å². The van der Waals surface area contributed by atoms with Crippen molar-refractivity contribution in [2.75, 3.05) is 6.54 Å². The van der Waals surface area contributed by atoms with Crippen LogP contribution < -0.4 is 10.6 Å². The van der Waals surface area contributed by atoms with Crippen LogP contribution in [0.25, 0.3) is 0 Å². The molecule has 0 aliphatic rings. The van der Waals surface area contributed by atoms with Crippen LogP contribution in [0.1, 0.15) is 36.2 Å². The number of halogens is 2. The first-order valence-corrected chi connectivity index (χ1v) is 8.96. The van der Waals surface area contributed by atoms with Gasteiger partial charge in [-0.15, -0.1) is 0 Å². The fourth-order valence-electron chi connectivity index (χ4n) is 2.72. The number of benzene rings is 2. The van der Waals surface area contributed by atoms with Gasteiger partial charge < -0.3 is 10.6 Å². The molecule has 4 nitrogen and oxygen atoms in total. The van der Waals surface area contributed by atoms with Crippen molar-refractivity contribution in [3.63, 3.8) is 0 Å². The minimum atomic E-state index is -0.960. The molecule has 0 fully saturated rings. The van der Waals surface area contributed by atoms with Gasteiger partial charge in [0.2, 0.25) is 5.91 Å². The molecule has 0 heterocycles. The van der Waals surface area contributed by atoms with Crippen LogP contribution in [0.4, 0.5) is 8.78 Å². The lowest BCUT2D eigenvalue weighted by Crippen LogP contribution is -2.50. The highest BCUT2D eigenvalue weighted by Gasteiger charge is 2.26. The molecule has 0 aliphatic carbocycles. The van der Waals surface area contributed by atoms with E-state index in [4.69, 9.17) is 0 Å². The summed E-state index contributed by atoms with van der Waals surface area (Å²) in [6, 6.07) is 12.2. The SMILES string of the molecule is CC(C)[C@H](NC(=O)c1c(F)cccc1F)C(=O)NCCCc1ccccc1. The Balaban J connectivity index is 1.91. The third-order valence-electron chi connectivity index (χ3n) is 4.21. The molecule has 2 amide bonds. The van der Waals surface area contributed by atoms with Gasteiger partial charge in [-0.2, -0.15) is 0 Å². The molecule has 2 aromatic carbocycles. The van der Waals surface area contributed by atoms with Crippen LogP contribution in [-0.4, -0.2) is 24.4 Å². The normalized spacial score (nSPS) is 11.9. The Bertz CT molecular complexity index is 759. The van der Waals surface area contributed by atoms with Crippen molar-refractivity contribution >= 4 is 11.8 Å². The maximum absolute atomic E-state index is 13.8. The first-order chi connectivity index (χ1) is 12.9. The zero-order valence-corrected chi connectivity index (χ0v) is 15.5. The first-order valence-electron chi connectivity index (χ1n) is 8.96. The van der Waals surface area contributed by atoms with E-state index in [9.17, 15) is 18.4 Å². The van der Waals surface area contributed by atoms with Crippen molar-refractivity contribution < 1.29 is 18.4 Å². The Labute approximate surface area is 158 Å². The fraction of sp³-hybridized carbons (Fsp3) is 0.333. The number of carbonyl (C=O) groups is 2. The molecule has 0 unspecified atom stereocenters. The summed E-state index contributed by atoms with van der Waals surface area (Å²) in [7, 11) is 0. The standard InChI is InChI=1S/C21H24F2N2O2/c1-14(2)19(25-20(26)18-16(22)11-6-12-17(18)23)21(27)24-13-7-10-15-8-4-3-5-9-15/h3-6,8-9,11-12,14,19H,7,10,13H2,1-2H3,(H,24,27)(H,25,26)/t19-/m0/s1. The molecule has 27 heavy (non-hydrogen) atoms. The Hall–Kier alpha value is -2.76. The van der Waals surface area contributed by atoms with Crippen LogP contribution in [0.3, 0.4) is 0 Å². The van der Waals surface area contributed by atoms with Crippen LogP contribution in [0, 0.1) is 17.6 Å². The highest BCUT2D eigenvalue weighted by atomic mass is 19.1. The molecule has 2 rings (SSSR count). The molecule has 0 aromatic heterocycles. The summed E-state index contributed by atoms with van der Waals surface area (Å²) in [6.07, 6.45) is 1.57. The van der Waals surface area contributed by atoms with Crippen molar-refractivity contribution in [2.45, 2.75) is 32.7 Å². The molecule has 0 saturated heterocycles. The third kappa shape index (κ3) is 5.88. The van der Waals surface area contributed by atoms with Crippen LogP contribution in [-0.2, 0) is 11.2 Å². The number of rotatable bonds is 8. The van der Waals surface area contributed by atoms with E-state index in [2.05, 4.69) is 10.6 Å². The average Bonchev–Trinajstić information content (AvgIpc) is 2.63. The number of carbonyl (C=O) groups excluding carboxylic acids is 2. The molecule has 144 valence electrons. The van der Waals surface area contributed by atoms with Crippen molar-refractivity contribution in [2.24, 2.45) is 5.92 Å². The van der Waals surface area contributed by atoms with E-state index in [0.29, 0.717) is 6.54 Å². The maximum Gasteiger partial charge on any atom is 0.257 e. The molecule has 0 saturated carbocycles. The summed E-state index contributed by atoms with van der Waals surface area (Å²) in [5.74, 6) is -3.47. The summed E-state index contributed by atoms with van der Waals surface area (Å²) in [6.45, 7) is 3.96. The van der Waals surface area contributed by atoms with Gasteiger partial charge in [0.05, 0.1) is 0 Å². The molecular weight excluding hydrogens is 350 g/mol. The van der Waals surface area contributed by atoms with E-state index >= 15 is 0 Å². The van der Waals surface area contributed by atoms with Crippen molar-refractivity contribution in [3.05, 3.63) is 71.3 Å². The van der Waals surface area contributed by atoms with Gasteiger partial charge in [0.1, 0.15) is 23.2 Å². The molecule has 0 radical (unpaired) electrons. The number of aryl methyl sites for hydroxylation is 1. The first kappa shape index (κ1) is 20.6. The van der Waals surface area contributed by atoms with Crippen molar-refractivity contribution in [1.29, 1.82) is 0 Å². The summed E-state index contributed by atoms with van der Waals surface area (Å²) >= 11 is 0. The van der Waals surface area contributed by atoms with E-state index in [-0.39, 0.29) is 11.8 Å². The summed E-state index contributed by atoms with van der Waals surface area (Å²) in [4.78, 5) is 24.7. The van der Waals surface area contributed by atoms with E-state index in [1.165, 1.54) is 11.6 Å². The predicted molar refractivity (Wildman–Crippen MR) is 100 cm³/mol. The Morgan fingerprint density at radius 1 is 0.963 bits per heavy atom. The zero-order valence-electron chi connectivity index (χ0n) is 15.5. The third-order valence-corrected chi connectivity index (χ3v) is 4.21. The van der Waals surface area contributed by atoms with Crippen LogP contribution in [0.2, 0.25) is 0 Å². The second-order valence-corrected chi connectivity index (χ2v) is 6.67. The van der Waals surface area contributed by atoms with Gasteiger partial charge in [0.25, 0.3) is 5.91 Å². The fourth-order valence-corrected chi connectivity index (χ4v) is 2.72. The molecule has 0 aliphatic heterocycles. The van der Waals surface area contributed by atoms with E-state index in [1.54, 1.807) is 13.8 Å². The predicted octanol–water partition coefficient (Wildman–Crippen LogP) is 3.47. The average molecular weight is 374 g/mol. The number of nitrogens with one attached hydrogen (secondary N) is 2. The van der Waals surface area contributed by atoms with Gasteiger partial charge in [0, 0.05) is 6.54 Å². The monoisotopic (exact) mass is 374 g/mol. The van der Waals surface area contributed by atoms with Gasteiger partial charge in [-0.05, 0) is 36.5 Å². The minimum Gasteiger partial charge on any atom is -0.354 e. The summed E-state index contributed by atoms with van der Waals surface area (Å²) in [5.41, 5.74) is 0.496. The smallest absolute Gasteiger partial charge is 0.257 e.